The lowest BCUT2D eigenvalue weighted by Gasteiger charge is -2.40. The third-order valence-corrected chi connectivity index (χ3v) is 4.36. The molecule has 2 N–H and O–H groups in total. The van der Waals surface area contributed by atoms with E-state index in [1.165, 1.54) is 19.3 Å². The molecular formula is C14H20Cl2N2. The molecule has 1 atom stereocenters. The van der Waals surface area contributed by atoms with Crippen LogP contribution in [0.5, 0.6) is 0 Å². The molecule has 0 aromatic heterocycles. The van der Waals surface area contributed by atoms with Gasteiger partial charge in [0.2, 0.25) is 0 Å². The summed E-state index contributed by atoms with van der Waals surface area (Å²) < 4.78 is 0. The molecule has 0 spiro atoms. The molecule has 1 saturated heterocycles. The SMILES string of the molecule is CC(N)(Cc1ccc(Cl)c(Cl)c1)N1CCCCC1. The number of piperidine rings is 1. The zero-order chi connectivity index (χ0) is 13.2. The number of hydrogen-bond donors (Lipinski definition) is 1. The first-order chi connectivity index (χ1) is 8.49. The average molecular weight is 287 g/mol. The van der Waals surface area contributed by atoms with Gasteiger partial charge in [-0.25, -0.2) is 0 Å². The molecule has 100 valence electrons. The molecule has 1 aliphatic rings. The fourth-order valence-corrected chi connectivity index (χ4v) is 2.90. The molecule has 2 rings (SSSR count). The number of rotatable bonds is 3. The highest BCUT2D eigenvalue weighted by Gasteiger charge is 2.28. The zero-order valence-electron chi connectivity index (χ0n) is 10.8. The van der Waals surface area contributed by atoms with Crippen LogP contribution in [0.1, 0.15) is 31.7 Å². The summed E-state index contributed by atoms with van der Waals surface area (Å²) in [5.74, 6) is 0. The Balaban J connectivity index is 2.08. The smallest absolute Gasteiger partial charge is 0.0699 e. The van der Waals surface area contributed by atoms with Crippen LogP contribution in [-0.4, -0.2) is 23.7 Å². The summed E-state index contributed by atoms with van der Waals surface area (Å²) in [6, 6.07) is 5.76. The molecule has 1 unspecified atom stereocenters. The topological polar surface area (TPSA) is 29.3 Å². The minimum absolute atomic E-state index is 0.308. The normalized spacial score (nSPS) is 20.7. The van der Waals surface area contributed by atoms with Gasteiger partial charge in [-0.05, 0) is 50.6 Å². The van der Waals surface area contributed by atoms with E-state index in [2.05, 4.69) is 11.8 Å². The van der Waals surface area contributed by atoms with Crippen molar-refractivity contribution in [1.29, 1.82) is 0 Å². The van der Waals surface area contributed by atoms with Crippen molar-refractivity contribution in [3.63, 3.8) is 0 Å². The molecule has 1 aliphatic heterocycles. The van der Waals surface area contributed by atoms with E-state index in [-0.39, 0.29) is 5.66 Å². The van der Waals surface area contributed by atoms with E-state index in [1.807, 2.05) is 18.2 Å². The summed E-state index contributed by atoms with van der Waals surface area (Å²) >= 11 is 12.0. The Kier molecular flexibility index (Phi) is 4.54. The summed E-state index contributed by atoms with van der Waals surface area (Å²) in [6.45, 7) is 4.28. The second kappa shape index (κ2) is 5.79. The van der Waals surface area contributed by atoms with Crippen molar-refractivity contribution < 1.29 is 0 Å². The van der Waals surface area contributed by atoms with E-state index in [1.54, 1.807) is 0 Å². The second-order valence-corrected chi connectivity index (χ2v) is 6.14. The van der Waals surface area contributed by atoms with Crippen molar-refractivity contribution in [2.45, 2.75) is 38.3 Å². The molecular weight excluding hydrogens is 267 g/mol. The fraction of sp³-hybridized carbons (Fsp3) is 0.571. The van der Waals surface area contributed by atoms with Crippen molar-refractivity contribution in [1.82, 2.24) is 4.90 Å². The number of nitrogens with two attached hydrogens (primary N) is 1. The maximum atomic E-state index is 6.46. The van der Waals surface area contributed by atoms with Gasteiger partial charge in [0, 0.05) is 6.42 Å². The Morgan fingerprint density at radius 2 is 1.83 bits per heavy atom. The quantitative estimate of drug-likeness (QED) is 0.918. The van der Waals surface area contributed by atoms with E-state index >= 15 is 0 Å². The Hall–Kier alpha value is -0.280. The number of benzene rings is 1. The first-order valence-corrected chi connectivity index (χ1v) is 7.22. The highest BCUT2D eigenvalue weighted by molar-refractivity contribution is 6.42. The Labute approximate surface area is 119 Å². The molecule has 1 heterocycles. The van der Waals surface area contributed by atoms with Gasteiger partial charge in [-0.2, -0.15) is 0 Å². The maximum absolute atomic E-state index is 6.46. The Morgan fingerprint density at radius 3 is 2.44 bits per heavy atom. The summed E-state index contributed by atoms with van der Waals surface area (Å²) in [4.78, 5) is 2.37. The predicted molar refractivity (Wildman–Crippen MR) is 78.2 cm³/mol. The van der Waals surface area contributed by atoms with Crippen molar-refractivity contribution in [3.05, 3.63) is 33.8 Å². The third-order valence-electron chi connectivity index (χ3n) is 3.62. The lowest BCUT2D eigenvalue weighted by atomic mass is 9.97. The zero-order valence-corrected chi connectivity index (χ0v) is 12.3. The summed E-state index contributed by atoms with van der Waals surface area (Å²) in [7, 11) is 0. The lowest BCUT2D eigenvalue weighted by molar-refractivity contribution is 0.0856. The maximum Gasteiger partial charge on any atom is 0.0699 e. The Bertz CT molecular complexity index is 412. The minimum Gasteiger partial charge on any atom is -0.313 e. The summed E-state index contributed by atoms with van der Waals surface area (Å²) in [5.41, 5.74) is 7.29. The molecule has 1 aromatic carbocycles. The highest BCUT2D eigenvalue weighted by Crippen LogP contribution is 2.26. The fourth-order valence-electron chi connectivity index (χ4n) is 2.58. The van der Waals surface area contributed by atoms with Gasteiger partial charge in [-0.15, -0.1) is 0 Å². The molecule has 18 heavy (non-hydrogen) atoms. The van der Waals surface area contributed by atoms with E-state index in [9.17, 15) is 0 Å². The van der Waals surface area contributed by atoms with E-state index < -0.39 is 0 Å². The first-order valence-electron chi connectivity index (χ1n) is 6.47. The van der Waals surface area contributed by atoms with Gasteiger partial charge in [0.15, 0.2) is 0 Å². The molecule has 0 aliphatic carbocycles. The standard InChI is InChI=1S/C14H20Cl2N2/c1-14(17,18-7-3-2-4-8-18)10-11-5-6-12(15)13(16)9-11/h5-6,9H,2-4,7-8,10,17H2,1H3. The van der Waals surface area contributed by atoms with Gasteiger partial charge >= 0.3 is 0 Å². The van der Waals surface area contributed by atoms with Crippen LogP contribution in [0.4, 0.5) is 0 Å². The number of nitrogens with zero attached hydrogens (tertiary/aromatic N) is 1. The molecule has 1 aromatic rings. The number of hydrogen-bond acceptors (Lipinski definition) is 2. The lowest BCUT2D eigenvalue weighted by Crippen LogP contribution is -2.56. The average Bonchev–Trinajstić information content (AvgIpc) is 2.35. The highest BCUT2D eigenvalue weighted by atomic mass is 35.5. The van der Waals surface area contributed by atoms with E-state index in [0.717, 1.165) is 25.1 Å². The van der Waals surface area contributed by atoms with Crippen molar-refractivity contribution in [2.24, 2.45) is 5.73 Å². The van der Waals surface area contributed by atoms with Crippen LogP contribution < -0.4 is 5.73 Å². The van der Waals surface area contributed by atoms with E-state index in [4.69, 9.17) is 28.9 Å². The molecule has 0 radical (unpaired) electrons. The van der Waals surface area contributed by atoms with Crippen LogP contribution in [-0.2, 0) is 6.42 Å². The summed E-state index contributed by atoms with van der Waals surface area (Å²) in [5, 5.41) is 1.20. The molecule has 0 amide bonds. The Morgan fingerprint density at radius 1 is 1.17 bits per heavy atom. The van der Waals surface area contributed by atoms with Gasteiger partial charge in [0.05, 0.1) is 15.7 Å². The largest absolute Gasteiger partial charge is 0.313 e. The van der Waals surface area contributed by atoms with Crippen molar-refractivity contribution >= 4 is 23.2 Å². The first kappa shape index (κ1) is 14.1. The minimum atomic E-state index is -0.308. The van der Waals surface area contributed by atoms with Crippen molar-refractivity contribution in [2.75, 3.05) is 13.1 Å². The molecule has 0 saturated carbocycles. The number of likely N-dealkylation sites (tertiary alicyclic amines) is 1. The van der Waals surface area contributed by atoms with Crippen LogP contribution in [0.2, 0.25) is 10.0 Å². The molecule has 0 bridgehead atoms. The van der Waals surface area contributed by atoms with Gasteiger partial charge in [0.1, 0.15) is 0 Å². The second-order valence-electron chi connectivity index (χ2n) is 5.33. The third kappa shape index (κ3) is 3.39. The summed E-state index contributed by atoms with van der Waals surface area (Å²) in [6.07, 6.45) is 4.60. The van der Waals surface area contributed by atoms with Gasteiger partial charge in [0.25, 0.3) is 0 Å². The predicted octanol–water partition coefficient (Wildman–Crippen LogP) is 3.70. The molecule has 2 nitrogen and oxygen atoms in total. The monoisotopic (exact) mass is 286 g/mol. The van der Waals surface area contributed by atoms with Gasteiger partial charge < -0.3 is 5.73 Å². The van der Waals surface area contributed by atoms with E-state index in [0.29, 0.717) is 10.0 Å². The van der Waals surface area contributed by atoms with Crippen LogP contribution in [0.15, 0.2) is 18.2 Å². The van der Waals surface area contributed by atoms with Crippen LogP contribution in [0.3, 0.4) is 0 Å². The molecule has 4 heteroatoms. The van der Waals surface area contributed by atoms with Crippen LogP contribution in [0.25, 0.3) is 0 Å². The van der Waals surface area contributed by atoms with Crippen molar-refractivity contribution in [3.8, 4) is 0 Å². The number of halogens is 2. The molecule has 1 fully saturated rings. The van der Waals surface area contributed by atoms with Gasteiger partial charge in [-0.3, -0.25) is 4.90 Å². The van der Waals surface area contributed by atoms with Crippen LogP contribution >= 0.6 is 23.2 Å². The van der Waals surface area contributed by atoms with Gasteiger partial charge in [-0.1, -0.05) is 35.7 Å². The van der Waals surface area contributed by atoms with Crippen LogP contribution in [0, 0.1) is 0 Å².